The Morgan fingerprint density at radius 3 is 2.22 bits per heavy atom. The minimum Gasteiger partial charge on any atom is -0.455 e. The molecule has 0 bridgehead atoms. The number of rotatable bonds is 3. The molecule has 6 aromatic rings. The average molecular weight is 713 g/mol. The van der Waals surface area contributed by atoms with Crippen LogP contribution in [0.3, 0.4) is 0 Å². The standard InChI is InChI=1S/C54H48O/c1-35(31-47-36(2)54(5,6)50-27-17-14-24-44(47)50)40-20-9-7-8-10-21-41(43-23-13-12-22-42(40)43)39-33-48-37(32-38-19-11-16-26-49(38)53(3,4)34-39)29-30-46-45-25-15-18-28-51(45)55-52(46)48/h9-31,33H,1-2,7-8,32,34H2,3-6H3/b20-9+,21-10+,39-33+,42-40+,43-41+,47-31+. The largest absolute Gasteiger partial charge is 0.455 e. The van der Waals surface area contributed by atoms with Crippen LogP contribution in [0.4, 0.5) is 0 Å². The molecule has 0 radical (unpaired) electrons. The van der Waals surface area contributed by atoms with Crippen molar-refractivity contribution in [3.8, 4) is 0 Å². The first kappa shape index (κ1) is 34.8. The molecule has 3 aliphatic rings. The molecule has 0 unspecified atom stereocenters. The lowest BCUT2D eigenvalue weighted by atomic mass is 9.75. The van der Waals surface area contributed by atoms with Gasteiger partial charge in [-0.2, -0.15) is 0 Å². The van der Waals surface area contributed by atoms with E-state index in [0.717, 1.165) is 64.3 Å². The molecular weight excluding hydrogens is 665 g/mol. The van der Waals surface area contributed by atoms with E-state index in [4.69, 9.17) is 11.0 Å². The average Bonchev–Trinajstić information content (AvgIpc) is 3.67. The van der Waals surface area contributed by atoms with Crippen molar-refractivity contribution < 1.29 is 4.42 Å². The van der Waals surface area contributed by atoms with Crippen LogP contribution in [0.1, 0.15) is 80.3 Å². The maximum absolute atomic E-state index is 6.76. The zero-order valence-electron chi connectivity index (χ0n) is 32.5. The minimum absolute atomic E-state index is 0.133. The highest BCUT2D eigenvalue weighted by molar-refractivity contribution is 6.08. The second-order valence-corrected chi connectivity index (χ2v) is 16.7. The minimum atomic E-state index is -0.139. The third-order valence-corrected chi connectivity index (χ3v) is 12.3. The van der Waals surface area contributed by atoms with Crippen LogP contribution in [-0.2, 0) is 17.3 Å². The van der Waals surface area contributed by atoms with Crippen LogP contribution in [0.15, 0.2) is 174 Å². The van der Waals surface area contributed by atoms with E-state index in [-0.39, 0.29) is 10.8 Å². The molecule has 0 saturated heterocycles. The van der Waals surface area contributed by atoms with Gasteiger partial charge in [0.2, 0.25) is 0 Å². The fourth-order valence-electron chi connectivity index (χ4n) is 9.30. The molecule has 0 atom stereocenters. The maximum Gasteiger partial charge on any atom is 0.142 e. The zero-order chi connectivity index (χ0) is 37.9. The molecule has 270 valence electrons. The van der Waals surface area contributed by atoms with Gasteiger partial charge in [0, 0.05) is 21.8 Å². The summed E-state index contributed by atoms with van der Waals surface area (Å²) in [6.45, 7) is 18.8. The lowest BCUT2D eigenvalue weighted by molar-refractivity contribution is 0.523. The van der Waals surface area contributed by atoms with Gasteiger partial charge in [-0.1, -0.05) is 168 Å². The second kappa shape index (κ2) is 13.4. The first-order valence-corrected chi connectivity index (χ1v) is 19.7. The van der Waals surface area contributed by atoms with Gasteiger partial charge in [-0.05, 0) is 121 Å². The molecule has 1 heteroatoms. The Hall–Kier alpha value is -5.92. The predicted molar refractivity (Wildman–Crippen MR) is 234 cm³/mol. The van der Waals surface area contributed by atoms with E-state index in [1.54, 1.807) is 0 Å². The summed E-state index contributed by atoms with van der Waals surface area (Å²) in [5.74, 6) is 0. The van der Waals surface area contributed by atoms with Crippen molar-refractivity contribution in [2.75, 3.05) is 0 Å². The van der Waals surface area contributed by atoms with Crippen LogP contribution in [0.2, 0.25) is 0 Å². The number of fused-ring (bicyclic) bond motifs is 8. The van der Waals surface area contributed by atoms with Crippen LogP contribution >= 0.6 is 0 Å². The molecule has 5 aromatic carbocycles. The number of allylic oxidation sites excluding steroid dienone is 9. The Kier molecular flexibility index (Phi) is 8.50. The van der Waals surface area contributed by atoms with Gasteiger partial charge >= 0.3 is 0 Å². The molecule has 0 N–H and O–H groups in total. The second-order valence-electron chi connectivity index (χ2n) is 16.7. The van der Waals surface area contributed by atoms with Crippen molar-refractivity contribution in [2.24, 2.45) is 0 Å². The highest BCUT2D eigenvalue weighted by Crippen LogP contribution is 2.49. The lowest BCUT2D eigenvalue weighted by Gasteiger charge is -2.29. The van der Waals surface area contributed by atoms with E-state index in [9.17, 15) is 0 Å². The fraction of sp³-hybridized carbons (Fsp3) is 0.185. The smallest absolute Gasteiger partial charge is 0.142 e. The van der Waals surface area contributed by atoms with Crippen LogP contribution in [0.5, 0.6) is 0 Å². The summed E-state index contributed by atoms with van der Waals surface area (Å²) >= 11 is 0. The summed E-state index contributed by atoms with van der Waals surface area (Å²) in [6, 6.07) is 39.7. The Balaban J connectivity index is 1.34. The molecule has 9 rings (SSSR count). The van der Waals surface area contributed by atoms with Gasteiger partial charge in [-0.3, -0.25) is 0 Å². The molecule has 0 saturated carbocycles. The topological polar surface area (TPSA) is 13.1 Å². The third kappa shape index (κ3) is 5.94. The first-order chi connectivity index (χ1) is 26.6. The number of benzene rings is 5. The molecule has 3 aliphatic carbocycles. The zero-order valence-corrected chi connectivity index (χ0v) is 32.5. The summed E-state index contributed by atoms with van der Waals surface area (Å²) in [5, 5.41) is 4.70. The number of hydrogen-bond donors (Lipinski definition) is 0. The van der Waals surface area contributed by atoms with Crippen LogP contribution in [0, 0.1) is 0 Å². The van der Waals surface area contributed by atoms with Gasteiger partial charge in [-0.25, -0.2) is 0 Å². The van der Waals surface area contributed by atoms with Crippen molar-refractivity contribution in [2.45, 2.75) is 64.2 Å². The maximum atomic E-state index is 6.76. The van der Waals surface area contributed by atoms with Gasteiger partial charge in [0.25, 0.3) is 0 Å². The van der Waals surface area contributed by atoms with Crippen molar-refractivity contribution in [3.05, 3.63) is 213 Å². The van der Waals surface area contributed by atoms with Gasteiger partial charge in [0.1, 0.15) is 11.2 Å². The fourth-order valence-corrected chi connectivity index (χ4v) is 9.30. The van der Waals surface area contributed by atoms with E-state index in [0.29, 0.717) is 0 Å². The quantitative estimate of drug-likeness (QED) is 0.178. The Morgan fingerprint density at radius 2 is 1.38 bits per heavy atom. The number of furan rings is 1. The SMILES string of the molecule is C=C(/C=C1\C(=C)C(C)(C)c2ccccc21)C1=c2/cccc/c2=C(\C2=C\c3c(ccc4c3oc3ccccc34)Cc3ccccc3C(C)(C)C2)/C=C/CC/C=C/1. The lowest BCUT2D eigenvalue weighted by Crippen LogP contribution is -2.30. The van der Waals surface area contributed by atoms with Crippen molar-refractivity contribution >= 4 is 44.7 Å². The van der Waals surface area contributed by atoms with Crippen LogP contribution in [0.25, 0.3) is 44.7 Å². The molecule has 0 aliphatic heterocycles. The van der Waals surface area contributed by atoms with E-state index >= 15 is 0 Å². The molecule has 0 spiro atoms. The summed E-state index contributed by atoms with van der Waals surface area (Å²) in [7, 11) is 0. The molecule has 1 heterocycles. The van der Waals surface area contributed by atoms with E-state index in [2.05, 4.69) is 180 Å². The van der Waals surface area contributed by atoms with E-state index in [1.165, 1.54) is 60.5 Å². The van der Waals surface area contributed by atoms with Gasteiger partial charge in [0.05, 0.1) is 0 Å². The molecule has 55 heavy (non-hydrogen) atoms. The van der Waals surface area contributed by atoms with E-state index in [1.807, 2.05) is 0 Å². The van der Waals surface area contributed by atoms with Gasteiger partial charge in [-0.15, -0.1) is 0 Å². The van der Waals surface area contributed by atoms with Crippen LogP contribution in [-0.4, -0.2) is 0 Å². The predicted octanol–water partition coefficient (Wildman–Crippen LogP) is 12.6. The summed E-state index contributed by atoms with van der Waals surface area (Å²) in [4.78, 5) is 0. The number of para-hydroxylation sites is 1. The van der Waals surface area contributed by atoms with Gasteiger partial charge in [0.15, 0.2) is 0 Å². The molecule has 0 amide bonds. The Bertz CT molecular complexity index is 2840. The molecular formula is C54H48O. The summed E-state index contributed by atoms with van der Waals surface area (Å²) in [5.41, 5.74) is 16.4. The van der Waals surface area contributed by atoms with Crippen molar-refractivity contribution in [3.63, 3.8) is 0 Å². The Morgan fingerprint density at radius 1 is 0.691 bits per heavy atom. The highest BCUT2D eigenvalue weighted by Gasteiger charge is 2.36. The normalized spacial score (nSPS) is 22.3. The first-order valence-electron chi connectivity index (χ1n) is 19.7. The van der Waals surface area contributed by atoms with E-state index < -0.39 is 0 Å². The third-order valence-electron chi connectivity index (χ3n) is 12.3. The monoisotopic (exact) mass is 712 g/mol. The summed E-state index contributed by atoms with van der Waals surface area (Å²) < 4.78 is 6.76. The van der Waals surface area contributed by atoms with Crippen molar-refractivity contribution in [1.82, 2.24) is 0 Å². The summed E-state index contributed by atoms with van der Waals surface area (Å²) in [6.07, 6.45) is 17.7. The number of hydrogen-bond acceptors (Lipinski definition) is 1. The molecule has 1 aromatic heterocycles. The Labute approximate surface area is 325 Å². The van der Waals surface area contributed by atoms with Crippen LogP contribution < -0.4 is 10.4 Å². The van der Waals surface area contributed by atoms with Gasteiger partial charge < -0.3 is 4.42 Å². The van der Waals surface area contributed by atoms with Crippen molar-refractivity contribution in [1.29, 1.82) is 0 Å². The molecule has 0 fully saturated rings. The molecule has 1 nitrogen and oxygen atoms in total. The highest BCUT2D eigenvalue weighted by atomic mass is 16.3.